The average Bonchev–Trinajstić information content (AvgIpc) is 2.90. The van der Waals surface area contributed by atoms with Crippen molar-refractivity contribution >= 4 is 26.2 Å². The molecule has 3 aromatic carbocycles. The molecule has 0 radical (unpaired) electrons. The zero-order valence-electron chi connectivity index (χ0n) is 21.4. The monoisotopic (exact) mass is 521 g/mol. The molecule has 1 N–H and O–H groups in total. The molecule has 1 heterocycles. The second-order valence-corrected chi connectivity index (χ2v) is 12.5. The van der Waals surface area contributed by atoms with Crippen LogP contribution in [-0.2, 0) is 9.84 Å². The Morgan fingerprint density at radius 1 is 0.973 bits per heavy atom. The van der Waals surface area contributed by atoms with Crippen LogP contribution in [0.1, 0.15) is 44.1 Å². The van der Waals surface area contributed by atoms with Gasteiger partial charge in [-0.2, -0.15) is 0 Å². The van der Waals surface area contributed by atoms with Crippen LogP contribution in [-0.4, -0.2) is 56.2 Å². The molecule has 1 aliphatic carbocycles. The van der Waals surface area contributed by atoms with Gasteiger partial charge < -0.3 is 14.6 Å². The minimum absolute atomic E-state index is 0.199. The van der Waals surface area contributed by atoms with E-state index in [0.29, 0.717) is 37.4 Å². The number of nitrogens with zero attached hydrogens (tertiary/aromatic N) is 1. The van der Waals surface area contributed by atoms with Crippen molar-refractivity contribution in [3.8, 4) is 23.0 Å². The molecule has 0 bridgehead atoms. The van der Waals surface area contributed by atoms with Crippen LogP contribution in [0, 0.1) is 0 Å². The van der Waals surface area contributed by atoms with Gasteiger partial charge in [-0.05, 0) is 98.6 Å². The summed E-state index contributed by atoms with van der Waals surface area (Å²) in [5, 5.41) is 11.4. The number of fused-ring (bicyclic) bond motifs is 1. The highest BCUT2D eigenvalue weighted by molar-refractivity contribution is 7.91. The van der Waals surface area contributed by atoms with Crippen molar-refractivity contribution < 1.29 is 23.0 Å². The molecule has 3 aromatic rings. The number of hydrogen-bond donors (Lipinski definition) is 1. The molecule has 0 aromatic heterocycles. The Hall–Kier alpha value is -3.03. The lowest BCUT2D eigenvalue weighted by molar-refractivity contribution is 0.183. The number of phenols is 1. The topological polar surface area (TPSA) is 76.1 Å². The Kier molecular flexibility index (Phi) is 7.72. The van der Waals surface area contributed by atoms with Crippen LogP contribution < -0.4 is 9.47 Å². The molecule has 0 amide bonds. The first kappa shape index (κ1) is 25.6. The number of ether oxygens (including phenoxy) is 2. The maximum atomic E-state index is 12.0. The van der Waals surface area contributed by atoms with Gasteiger partial charge in [0, 0.05) is 23.8 Å². The number of phenolic OH excluding ortho intramolecular Hbond substituents is 1. The number of allylic oxidation sites excluding steroid dienone is 2. The van der Waals surface area contributed by atoms with E-state index in [4.69, 9.17) is 9.47 Å². The maximum absolute atomic E-state index is 12.0. The standard InChI is InChI=1S/C30H35NO5S/c1-37(33,34)27-13-5-22(6-14-27)28-15-7-23-21-24(32)8-16-29(23)30(28)36-26-11-9-25(10-12-26)35-20-19-31-17-3-2-4-18-31/h5,7-12,15-16,21,27,32H,2-4,6,13-14,17-20H2,1H3. The predicted octanol–water partition coefficient (Wildman–Crippen LogP) is 6.18. The van der Waals surface area contributed by atoms with Gasteiger partial charge in [0.1, 0.15) is 29.6 Å². The number of rotatable bonds is 8. The highest BCUT2D eigenvalue weighted by Gasteiger charge is 2.25. The van der Waals surface area contributed by atoms with E-state index in [9.17, 15) is 13.5 Å². The van der Waals surface area contributed by atoms with Crippen LogP contribution in [0.5, 0.6) is 23.0 Å². The molecule has 37 heavy (non-hydrogen) atoms. The summed E-state index contributed by atoms with van der Waals surface area (Å²) in [5.74, 6) is 2.41. The molecular weight excluding hydrogens is 486 g/mol. The van der Waals surface area contributed by atoms with Gasteiger partial charge in [0.2, 0.25) is 0 Å². The third kappa shape index (κ3) is 6.28. The van der Waals surface area contributed by atoms with Gasteiger partial charge in [0.25, 0.3) is 0 Å². The number of sulfone groups is 1. The summed E-state index contributed by atoms with van der Waals surface area (Å²) in [4.78, 5) is 2.46. The van der Waals surface area contributed by atoms with Gasteiger partial charge in [-0.1, -0.05) is 24.6 Å². The molecule has 0 spiro atoms. The van der Waals surface area contributed by atoms with Crippen molar-refractivity contribution in [1.29, 1.82) is 0 Å². The molecule has 5 rings (SSSR count). The van der Waals surface area contributed by atoms with Gasteiger partial charge >= 0.3 is 0 Å². The van der Waals surface area contributed by atoms with E-state index in [1.165, 1.54) is 25.5 Å². The van der Waals surface area contributed by atoms with Crippen LogP contribution in [0.15, 0.2) is 60.7 Å². The minimum Gasteiger partial charge on any atom is -0.508 e. The lowest BCUT2D eigenvalue weighted by atomic mass is 9.91. The van der Waals surface area contributed by atoms with Crippen LogP contribution >= 0.6 is 0 Å². The highest BCUT2D eigenvalue weighted by atomic mass is 32.2. The first-order valence-electron chi connectivity index (χ1n) is 13.1. The Balaban J connectivity index is 1.35. The van der Waals surface area contributed by atoms with Gasteiger partial charge in [-0.15, -0.1) is 0 Å². The molecule has 2 aliphatic rings. The number of likely N-dealkylation sites (tertiary alicyclic amines) is 1. The van der Waals surface area contributed by atoms with Crippen molar-refractivity contribution in [2.45, 2.75) is 43.8 Å². The molecule has 0 saturated carbocycles. The van der Waals surface area contributed by atoms with Gasteiger partial charge in [-0.25, -0.2) is 8.42 Å². The summed E-state index contributed by atoms with van der Waals surface area (Å²) in [6, 6.07) is 16.9. The first-order valence-corrected chi connectivity index (χ1v) is 15.1. The van der Waals surface area contributed by atoms with Gasteiger partial charge in [-0.3, -0.25) is 4.90 Å². The fraction of sp³-hybridized carbons (Fsp3) is 0.400. The molecule has 6 nitrogen and oxygen atoms in total. The lowest BCUT2D eigenvalue weighted by Crippen LogP contribution is -2.33. The molecule has 1 aliphatic heterocycles. The van der Waals surface area contributed by atoms with E-state index in [2.05, 4.69) is 4.90 Å². The summed E-state index contributed by atoms with van der Waals surface area (Å²) < 4.78 is 36.5. The highest BCUT2D eigenvalue weighted by Crippen LogP contribution is 2.41. The minimum atomic E-state index is -3.07. The summed E-state index contributed by atoms with van der Waals surface area (Å²) in [7, 11) is -3.07. The lowest BCUT2D eigenvalue weighted by Gasteiger charge is -2.26. The molecule has 1 saturated heterocycles. The van der Waals surface area contributed by atoms with Crippen molar-refractivity contribution in [2.75, 3.05) is 32.5 Å². The van der Waals surface area contributed by atoms with E-state index in [-0.39, 0.29) is 11.0 Å². The zero-order valence-corrected chi connectivity index (χ0v) is 22.2. The average molecular weight is 522 g/mol. The van der Waals surface area contributed by atoms with E-state index >= 15 is 0 Å². The van der Waals surface area contributed by atoms with E-state index in [0.717, 1.165) is 47.3 Å². The van der Waals surface area contributed by atoms with Crippen LogP contribution in [0.25, 0.3) is 16.3 Å². The number of hydrogen-bond acceptors (Lipinski definition) is 6. The molecule has 196 valence electrons. The van der Waals surface area contributed by atoms with Crippen LogP contribution in [0.2, 0.25) is 0 Å². The van der Waals surface area contributed by atoms with Gasteiger partial charge in [0.05, 0.1) is 5.25 Å². The largest absolute Gasteiger partial charge is 0.508 e. The Labute approximate surface area is 219 Å². The fourth-order valence-electron chi connectivity index (χ4n) is 5.29. The maximum Gasteiger partial charge on any atom is 0.150 e. The summed E-state index contributed by atoms with van der Waals surface area (Å²) in [6.45, 7) is 3.93. The number of benzene rings is 3. The second-order valence-electron chi connectivity index (χ2n) is 10.1. The smallest absolute Gasteiger partial charge is 0.150 e. The molecule has 1 fully saturated rings. The van der Waals surface area contributed by atoms with Crippen molar-refractivity contribution in [3.05, 3.63) is 66.2 Å². The third-order valence-electron chi connectivity index (χ3n) is 7.44. The van der Waals surface area contributed by atoms with Gasteiger partial charge in [0.15, 0.2) is 9.84 Å². The van der Waals surface area contributed by atoms with Crippen molar-refractivity contribution in [3.63, 3.8) is 0 Å². The Morgan fingerprint density at radius 3 is 2.43 bits per heavy atom. The van der Waals surface area contributed by atoms with Crippen molar-refractivity contribution in [1.82, 2.24) is 4.90 Å². The molecule has 7 heteroatoms. The van der Waals surface area contributed by atoms with E-state index in [1.807, 2.05) is 48.5 Å². The van der Waals surface area contributed by atoms with Crippen molar-refractivity contribution in [2.24, 2.45) is 0 Å². The Bertz CT molecular complexity index is 1380. The summed E-state index contributed by atoms with van der Waals surface area (Å²) >= 11 is 0. The zero-order chi connectivity index (χ0) is 25.8. The SMILES string of the molecule is CS(=O)(=O)C1CC=C(c2ccc3cc(O)ccc3c2Oc2ccc(OCCN3CCCCC3)cc2)CC1. The summed E-state index contributed by atoms with van der Waals surface area (Å²) in [5.41, 5.74) is 2.04. The van der Waals surface area contributed by atoms with Crippen LogP contribution in [0.4, 0.5) is 0 Å². The fourth-order valence-corrected chi connectivity index (χ4v) is 6.28. The third-order valence-corrected chi connectivity index (χ3v) is 9.08. The quantitative estimate of drug-likeness (QED) is 0.381. The molecule has 1 unspecified atom stereocenters. The predicted molar refractivity (Wildman–Crippen MR) is 148 cm³/mol. The molecular formula is C30H35NO5S. The van der Waals surface area contributed by atoms with Crippen LogP contribution in [0.3, 0.4) is 0 Å². The first-order chi connectivity index (χ1) is 17.9. The number of piperidine rings is 1. The normalized spacial score (nSPS) is 18.9. The Morgan fingerprint density at radius 2 is 1.73 bits per heavy atom. The second kappa shape index (κ2) is 11.2. The summed E-state index contributed by atoms with van der Waals surface area (Å²) in [6.07, 6.45) is 9.00. The van der Waals surface area contributed by atoms with E-state index in [1.54, 1.807) is 12.1 Å². The molecule has 1 atom stereocenters. The van der Waals surface area contributed by atoms with E-state index < -0.39 is 9.84 Å². The number of aromatic hydroxyl groups is 1.